The highest BCUT2D eigenvalue weighted by Crippen LogP contribution is 2.28. The van der Waals surface area contributed by atoms with Crippen molar-refractivity contribution in [1.82, 2.24) is 9.03 Å². The van der Waals surface area contributed by atoms with Crippen molar-refractivity contribution in [1.29, 1.82) is 0 Å². The number of carbonyl (C=O) groups is 1. The van der Waals surface area contributed by atoms with E-state index in [2.05, 4.69) is 11.3 Å². The summed E-state index contributed by atoms with van der Waals surface area (Å²) >= 11 is 0. The molecular weight excluding hydrogens is 464 g/mol. The lowest BCUT2D eigenvalue weighted by atomic mass is 9.92. The molecule has 2 atom stereocenters. The van der Waals surface area contributed by atoms with Gasteiger partial charge in [0.2, 0.25) is 20.0 Å². The largest absolute Gasteiger partial charge is 0.469 e. The molecule has 1 unspecified atom stereocenters. The van der Waals surface area contributed by atoms with E-state index in [1.165, 1.54) is 23.5 Å². The zero-order valence-corrected chi connectivity index (χ0v) is 20.0. The summed E-state index contributed by atoms with van der Waals surface area (Å²) in [5, 5.41) is 0.798. The average Bonchev–Trinajstić information content (AvgIpc) is 3.31. The molecule has 0 radical (unpaired) electrons. The molecule has 3 rings (SSSR count). The van der Waals surface area contributed by atoms with Crippen LogP contribution in [0.3, 0.4) is 0 Å². The minimum absolute atomic E-state index is 0.0207. The summed E-state index contributed by atoms with van der Waals surface area (Å²) in [6.45, 7) is 3.53. The quantitative estimate of drug-likeness (QED) is 0.510. The summed E-state index contributed by atoms with van der Waals surface area (Å²) in [5.74, 6) is -0.967. The van der Waals surface area contributed by atoms with E-state index in [9.17, 15) is 21.6 Å². The number of benzene rings is 2. The van der Waals surface area contributed by atoms with Gasteiger partial charge < -0.3 is 4.74 Å². The normalized spacial score (nSPS) is 18.0. The minimum atomic E-state index is -3.83. The molecule has 178 valence electrons. The van der Waals surface area contributed by atoms with Gasteiger partial charge in [-0.05, 0) is 42.5 Å². The highest BCUT2D eigenvalue weighted by Gasteiger charge is 2.35. The molecule has 0 spiro atoms. The van der Waals surface area contributed by atoms with Crippen LogP contribution in [0.2, 0.25) is 0 Å². The molecule has 0 aliphatic carbocycles. The number of rotatable bonds is 10. The number of nitrogens with one attached hydrogen (secondary N) is 1. The summed E-state index contributed by atoms with van der Waals surface area (Å²) in [6.07, 6.45) is 1.62. The highest BCUT2D eigenvalue weighted by atomic mass is 32.2. The molecule has 33 heavy (non-hydrogen) atoms. The van der Waals surface area contributed by atoms with Crippen molar-refractivity contribution in [2.24, 2.45) is 0 Å². The van der Waals surface area contributed by atoms with Gasteiger partial charge in [0.05, 0.1) is 17.9 Å². The lowest BCUT2D eigenvalue weighted by molar-refractivity contribution is -0.142. The Labute approximate surface area is 195 Å². The molecule has 1 saturated heterocycles. The average molecular weight is 493 g/mol. The maximum absolute atomic E-state index is 13.2. The lowest BCUT2D eigenvalue weighted by Crippen LogP contribution is -2.42. The van der Waals surface area contributed by atoms with E-state index < -0.39 is 38.0 Å². The molecule has 1 N–H and O–H groups in total. The highest BCUT2D eigenvalue weighted by molar-refractivity contribution is 7.92. The van der Waals surface area contributed by atoms with Crippen molar-refractivity contribution in [3.63, 3.8) is 0 Å². The number of sulfonamides is 2. The Morgan fingerprint density at radius 2 is 1.82 bits per heavy atom. The third kappa shape index (κ3) is 6.08. The number of hydrogen-bond donors (Lipinski definition) is 1. The molecule has 0 amide bonds. The first-order valence-electron chi connectivity index (χ1n) is 10.5. The fraction of sp³-hybridized carbons (Fsp3) is 0.348. The molecule has 2 aromatic carbocycles. The Kier molecular flexibility index (Phi) is 8.06. The Morgan fingerprint density at radius 1 is 1.15 bits per heavy atom. The van der Waals surface area contributed by atoms with Crippen molar-refractivity contribution in [3.05, 3.63) is 77.7 Å². The monoisotopic (exact) mass is 492 g/mol. The van der Waals surface area contributed by atoms with Crippen molar-refractivity contribution < 1.29 is 26.4 Å². The van der Waals surface area contributed by atoms with Gasteiger partial charge in [0.25, 0.3) is 0 Å². The molecule has 1 fully saturated rings. The molecule has 0 aromatic heterocycles. The number of methoxy groups -OCH3 is 1. The number of carbonyl (C=O) groups excluding carboxylic acids is 1. The van der Waals surface area contributed by atoms with Gasteiger partial charge >= 0.3 is 5.97 Å². The van der Waals surface area contributed by atoms with Gasteiger partial charge in [-0.25, -0.2) is 21.6 Å². The molecule has 1 heterocycles. The maximum atomic E-state index is 13.2. The van der Waals surface area contributed by atoms with Crippen LogP contribution in [-0.2, 0) is 36.0 Å². The molecular formula is C23H28N2O6S2. The summed E-state index contributed by atoms with van der Waals surface area (Å²) < 4.78 is 58.5. The van der Waals surface area contributed by atoms with Crippen molar-refractivity contribution >= 4 is 26.0 Å². The number of hydrogen-bond acceptors (Lipinski definition) is 6. The molecule has 1 aliphatic heterocycles. The number of ether oxygens (including phenoxy) is 1. The van der Waals surface area contributed by atoms with Crippen LogP contribution in [0, 0.1) is 0 Å². The second kappa shape index (κ2) is 10.6. The topological polar surface area (TPSA) is 110 Å². The Balaban J connectivity index is 1.80. The van der Waals surface area contributed by atoms with Crippen molar-refractivity contribution in [2.75, 3.05) is 20.2 Å². The van der Waals surface area contributed by atoms with E-state index >= 15 is 0 Å². The minimum Gasteiger partial charge on any atom is -0.469 e. The maximum Gasteiger partial charge on any atom is 0.313 e. The van der Waals surface area contributed by atoms with Crippen LogP contribution in [0.5, 0.6) is 0 Å². The third-order valence-electron chi connectivity index (χ3n) is 5.72. The van der Waals surface area contributed by atoms with Gasteiger partial charge in [0, 0.05) is 24.5 Å². The molecule has 10 heteroatoms. The van der Waals surface area contributed by atoms with Crippen LogP contribution in [0.4, 0.5) is 0 Å². The number of nitrogens with zero attached hydrogens (tertiary/aromatic N) is 1. The zero-order valence-electron chi connectivity index (χ0n) is 18.4. The SMILES string of the molecule is C=CS(=O)(=O)NC[C@H]1CCCN1S(=O)(=O)c1ccc(C(Cc2ccccc2)C(=O)OC)cc1. The first kappa shape index (κ1) is 25.1. The van der Waals surface area contributed by atoms with Gasteiger partial charge in [0.15, 0.2) is 0 Å². The van der Waals surface area contributed by atoms with Gasteiger partial charge in [-0.1, -0.05) is 49.0 Å². The molecule has 8 nitrogen and oxygen atoms in total. The Bertz CT molecular complexity index is 1180. The fourth-order valence-corrected chi connectivity index (χ4v) is 6.17. The smallest absolute Gasteiger partial charge is 0.313 e. The van der Waals surface area contributed by atoms with Crippen LogP contribution in [0.15, 0.2) is 71.5 Å². The van der Waals surface area contributed by atoms with Crippen molar-refractivity contribution in [2.45, 2.75) is 36.1 Å². The summed E-state index contributed by atoms with van der Waals surface area (Å²) in [6, 6.07) is 15.2. The zero-order chi connectivity index (χ0) is 24.1. The van der Waals surface area contributed by atoms with Gasteiger partial charge in [-0.15, -0.1) is 0 Å². The van der Waals surface area contributed by atoms with Crippen LogP contribution in [0.25, 0.3) is 0 Å². The van der Waals surface area contributed by atoms with Crippen LogP contribution in [0.1, 0.15) is 29.9 Å². The van der Waals surface area contributed by atoms with Crippen LogP contribution in [-0.4, -0.2) is 53.4 Å². The summed E-state index contributed by atoms with van der Waals surface area (Å²) in [5.41, 5.74) is 1.62. The fourth-order valence-electron chi connectivity index (χ4n) is 3.94. The Morgan fingerprint density at radius 3 is 2.42 bits per heavy atom. The second-order valence-corrected chi connectivity index (χ2v) is 11.4. The lowest BCUT2D eigenvalue weighted by Gasteiger charge is -2.24. The van der Waals surface area contributed by atoms with E-state index in [1.807, 2.05) is 30.3 Å². The van der Waals surface area contributed by atoms with Gasteiger partial charge in [-0.2, -0.15) is 4.31 Å². The van der Waals surface area contributed by atoms with Crippen LogP contribution >= 0.6 is 0 Å². The van der Waals surface area contributed by atoms with Gasteiger partial charge in [-0.3, -0.25) is 4.79 Å². The number of esters is 1. The van der Waals surface area contributed by atoms with E-state index in [1.54, 1.807) is 12.1 Å². The van der Waals surface area contributed by atoms with E-state index in [-0.39, 0.29) is 11.4 Å². The van der Waals surface area contributed by atoms with Gasteiger partial charge in [0.1, 0.15) is 0 Å². The van der Waals surface area contributed by atoms with E-state index in [4.69, 9.17) is 4.74 Å². The van der Waals surface area contributed by atoms with Crippen molar-refractivity contribution in [3.8, 4) is 0 Å². The predicted octanol–water partition coefficient (Wildman–Crippen LogP) is 2.40. The third-order valence-corrected chi connectivity index (χ3v) is 8.69. The van der Waals surface area contributed by atoms with E-state index in [0.717, 1.165) is 11.0 Å². The Hall–Kier alpha value is -2.53. The second-order valence-electron chi connectivity index (χ2n) is 7.81. The molecule has 0 saturated carbocycles. The first-order chi connectivity index (χ1) is 15.7. The standard InChI is InChI=1S/C23H28N2O6S2/c1-3-32(27,28)24-17-20-10-7-15-25(20)33(29,30)21-13-11-19(12-14-21)22(23(26)31-2)16-18-8-5-4-6-9-18/h3-6,8-9,11-14,20,22,24H,1,7,10,15-17H2,2H3/t20-,22?/m1/s1. The summed E-state index contributed by atoms with van der Waals surface area (Å²) in [7, 11) is -6.15. The first-order valence-corrected chi connectivity index (χ1v) is 13.5. The summed E-state index contributed by atoms with van der Waals surface area (Å²) in [4.78, 5) is 12.5. The molecule has 2 aromatic rings. The van der Waals surface area contributed by atoms with Crippen LogP contribution < -0.4 is 4.72 Å². The molecule has 1 aliphatic rings. The molecule has 0 bridgehead atoms. The van der Waals surface area contributed by atoms with E-state index in [0.29, 0.717) is 31.4 Å². The predicted molar refractivity (Wildman–Crippen MR) is 125 cm³/mol.